The maximum Gasteiger partial charge on any atom is 0.148 e. The second-order valence-electron chi connectivity index (χ2n) is 5.01. The lowest BCUT2D eigenvalue weighted by Crippen LogP contribution is -2.47. The molecule has 1 aliphatic carbocycles. The molecule has 0 aliphatic heterocycles. The molecule has 1 aliphatic rings. The highest BCUT2D eigenvalue weighted by Gasteiger charge is 2.30. The van der Waals surface area contributed by atoms with Crippen LogP contribution in [0.5, 0.6) is 5.75 Å². The SMILES string of the molecule is C#CCOc1ccc(Br)cc1CNC1(C)CCC1. The van der Waals surface area contributed by atoms with Crippen molar-refractivity contribution in [3.8, 4) is 18.1 Å². The predicted molar refractivity (Wildman–Crippen MR) is 77.6 cm³/mol. The van der Waals surface area contributed by atoms with E-state index in [1.165, 1.54) is 19.3 Å². The number of terminal acetylenes is 1. The zero-order valence-electron chi connectivity index (χ0n) is 10.6. The van der Waals surface area contributed by atoms with Gasteiger partial charge in [-0.1, -0.05) is 21.9 Å². The van der Waals surface area contributed by atoms with Gasteiger partial charge in [-0.2, -0.15) is 0 Å². The van der Waals surface area contributed by atoms with E-state index < -0.39 is 0 Å². The molecule has 0 saturated heterocycles. The zero-order valence-corrected chi connectivity index (χ0v) is 12.2. The Balaban J connectivity index is 2.04. The number of ether oxygens (including phenoxy) is 1. The van der Waals surface area contributed by atoms with Crippen molar-refractivity contribution in [1.82, 2.24) is 5.32 Å². The molecular weight excluding hydrogens is 290 g/mol. The quantitative estimate of drug-likeness (QED) is 0.841. The first-order valence-corrected chi connectivity index (χ1v) is 7.02. The van der Waals surface area contributed by atoms with Crippen LogP contribution in [0.2, 0.25) is 0 Å². The lowest BCUT2D eigenvalue weighted by molar-refractivity contribution is 0.205. The van der Waals surface area contributed by atoms with E-state index in [2.05, 4.69) is 40.2 Å². The Bertz CT molecular complexity index is 460. The van der Waals surface area contributed by atoms with Crippen molar-refractivity contribution >= 4 is 15.9 Å². The molecule has 2 nitrogen and oxygen atoms in total. The van der Waals surface area contributed by atoms with Gasteiger partial charge in [0.2, 0.25) is 0 Å². The van der Waals surface area contributed by atoms with Gasteiger partial charge in [-0.3, -0.25) is 0 Å². The minimum Gasteiger partial charge on any atom is -0.481 e. The van der Waals surface area contributed by atoms with Crippen molar-refractivity contribution < 1.29 is 4.74 Å². The highest BCUT2D eigenvalue weighted by atomic mass is 79.9. The van der Waals surface area contributed by atoms with Crippen molar-refractivity contribution in [2.24, 2.45) is 0 Å². The number of hydrogen-bond acceptors (Lipinski definition) is 2. The Morgan fingerprint density at radius 1 is 1.50 bits per heavy atom. The van der Waals surface area contributed by atoms with Gasteiger partial charge in [0, 0.05) is 22.1 Å². The van der Waals surface area contributed by atoms with Gasteiger partial charge in [0.15, 0.2) is 0 Å². The minimum atomic E-state index is 0.297. The molecule has 2 rings (SSSR count). The molecule has 96 valence electrons. The number of hydrogen-bond donors (Lipinski definition) is 1. The zero-order chi connectivity index (χ0) is 13.0. The number of halogens is 1. The largest absolute Gasteiger partial charge is 0.481 e. The third-order valence-electron chi connectivity index (χ3n) is 3.50. The maximum atomic E-state index is 5.56. The van der Waals surface area contributed by atoms with Gasteiger partial charge >= 0.3 is 0 Å². The highest BCUT2D eigenvalue weighted by molar-refractivity contribution is 9.10. The summed E-state index contributed by atoms with van der Waals surface area (Å²) in [6, 6.07) is 6.02. The maximum absolute atomic E-state index is 5.56. The van der Waals surface area contributed by atoms with Crippen LogP contribution in [-0.2, 0) is 6.54 Å². The fraction of sp³-hybridized carbons (Fsp3) is 0.467. The van der Waals surface area contributed by atoms with E-state index in [9.17, 15) is 0 Å². The first-order chi connectivity index (χ1) is 8.63. The molecule has 1 aromatic carbocycles. The van der Waals surface area contributed by atoms with Crippen LogP contribution >= 0.6 is 15.9 Å². The van der Waals surface area contributed by atoms with Crippen LogP contribution in [0, 0.1) is 12.3 Å². The summed E-state index contributed by atoms with van der Waals surface area (Å²) in [5, 5.41) is 3.60. The van der Waals surface area contributed by atoms with Gasteiger partial charge in [0.1, 0.15) is 12.4 Å². The van der Waals surface area contributed by atoms with Crippen molar-refractivity contribution in [3.63, 3.8) is 0 Å². The number of nitrogens with one attached hydrogen (secondary N) is 1. The van der Waals surface area contributed by atoms with E-state index in [4.69, 9.17) is 11.2 Å². The normalized spacial score (nSPS) is 16.7. The van der Waals surface area contributed by atoms with E-state index in [0.717, 1.165) is 22.3 Å². The molecule has 1 saturated carbocycles. The van der Waals surface area contributed by atoms with E-state index >= 15 is 0 Å². The smallest absolute Gasteiger partial charge is 0.148 e. The standard InChI is InChI=1S/C15H18BrNO/c1-3-9-18-14-6-5-13(16)10-12(14)11-17-15(2)7-4-8-15/h1,5-6,10,17H,4,7-9,11H2,2H3. The van der Waals surface area contributed by atoms with Gasteiger partial charge in [-0.15, -0.1) is 6.42 Å². The topological polar surface area (TPSA) is 21.3 Å². The van der Waals surface area contributed by atoms with Gasteiger partial charge in [-0.05, 0) is 44.4 Å². The van der Waals surface area contributed by atoms with Crippen molar-refractivity contribution in [2.45, 2.75) is 38.3 Å². The summed E-state index contributed by atoms with van der Waals surface area (Å²) >= 11 is 3.49. The highest BCUT2D eigenvalue weighted by Crippen LogP contribution is 2.32. The Morgan fingerprint density at radius 2 is 2.28 bits per heavy atom. The Kier molecular flexibility index (Phi) is 4.31. The molecule has 3 heteroatoms. The molecule has 18 heavy (non-hydrogen) atoms. The van der Waals surface area contributed by atoms with Crippen LogP contribution in [-0.4, -0.2) is 12.1 Å². The fourth-order valence-corrected chi connectivity index (χ4v) is 2.55. The first-order valence-electron chi connectivity index (χ1n) is 6.23. The predicted octanol–water partition coefficient (Wildman–Crippen LogP) is 3.49. The molecule has 0 amide bonds. The molecule has 0 radical (unpaired) electrons. The van der Waals surface area contributed by atoms with Crippen molar-refractivity contribution in [2.75, 3.05) is 6.61 Å². The van der Waals surface area contributed by atoms with Crippen molar-refractivity contribution in [1.29, 1.82) is 0 Å². The third-order valence-corrected chi connectivity index (χ3v) is 3.99. The Morgan fingerprint density at radius 3 is 2.89 bits per heavy atom. The Hall–Kier alpha value is -0.980. The third kappa shape index (κ3) is 3.28. The lowest BCUT2D eigenvalue weighted by atomic mass is 9.78. The van der Waals surface area contributed by atoms with Crippen LogP contribution in [0.1, 0.15) is 31.7 Å². The van der Waals surface area contributed by atoms with Gasteiger partial charge < -0.3 is 10.1 Å². The average Bonchev–Trinajstić information content (AvgIpc) is 2.33. The summed E-state index contributed by atoms with van der Waals surface area (Å²) in [6.07, 6.45) is 9.06. The van der Waals surface area contributed by atoms with Crippen molar-refractivity contribution in [3.05, 3.63) is 28.2 Å². The lowest BCUT2D eigenvalue weighted by Gasteiger charge is -2.39. The number of benzene rings is 1. The number of rotatable bonds is 5. The van der Waals surface area contributed by atoms with E-state index in [1.807, 2.05) is 12.1 Å². The van der Waals surface area contributed by atoms with Crippen LogP contribution in [0.3, 0.4) is 0 Å². The minimum absolute atomic E-state index is 0.297. The average molecular weight is 308 g/mol. The summed E-state index contributed by atoms with van der Waals surface area (Å²) in [6.45, 7) is 3.40. The molecule has 0 atom stereocenters. The molecule has 0 aromatic heterocycles. The summed E-state index contributed by atoms with van der Waals surface area (Å²) < 4.78 is 6.62. The fourth-order valence-electron chi connectivity index (χ4n) is 2.14. The molecule has 0 bridgehead atoms. The Labute approximate surface area is 117 Å². The summed E-state index contributed by atoms with van der Waals surface area (Å²) in [5.41, 5.74) is 1.44. The summed E-state index contributed by atoms with van der Waals surface area (Å²) in [4.78, 5) is 0. The summed E-state index contributed by atoms with van der Waals surface area (Å²) in [7, 11) is 0. The molecular formula is C15H18BrNO. The van der Waals surface area contributed by atoms with E-state index in [0.29, 0.717) is 12.1 Å². The monoisotopic (exact) mass is 307 g/mol. The van der Waals surface area contributed by atoms with E-state index in [1.54, 1.807) is 0 Å². The molecule has 0 spiro atoms. The molecule has 1 N–H and O–H groups in total. The molecule has 0 unspecified atom stereocenters. The first kappa shape index (κ1) is 13.5. The van der Waals surface area contributed by atoms with E-state index in [-0.39, 0.29) is 0 Å². The second-order valence-corrected chi connectivity index (χ2v) is 5.93. The van der Waals surface area contributed by atoms with Gasteiger partial charge in [-0.25, -0.2) is 0 Å². The molecule has 0 heterocycles. The molecule has 1 aromatic rings. The second kappa shape index (κ2) is 5.77. The summed E-state index contributed by atoms with van der Waals surface area (Å²) in [5.74, 6) is 3.37. The van der Waals surface area contributed by atoms with Crippen LogP contribution < -0.4 is 10.1 Å². The molecule has 1 fully saturated rings. The van der Waals surface area contributed by atoms with Crippen LogP contribution in [0.4, 0.5) is 0 Å². The van der Waals surface area contributed by atoms with Gasteiger partial charge in [0.05, 0.1) is 0 Å². The van der Waals surface area contributed by atoms with Crippen LogP contribution in [0.15, 0.2) is 22.7 Å². The van der Waals surface area contributed by atoms with Crippen LogP contribution in [0.25, 0.3) is 0 Å². The van der Waals surface area contributed by atoms with Gasteiger partial charge in [0.25, 0.3) is 0 Å².